The number of aryl methyl sites for hydroxylation is 1. The maximum absolute atomic E-state index is 11.4. The summed E-state index contributed by atoms with van der Waals surface area (Å²) in [5.74, 6) is 0.414. The molecule has 124 valence electrons. The second-order valence-corrected chi connectivity index (χ2v) is 6.63. The lowest BCUT2D eigenvalue weighted by atomic mass is 9.98. The molecule has 2 unspecified atom stereocenters. The van der Waals surface area contributed by atoms with Crippen molar-refractivity contribution in [3.8, 4) is 0 Å². The predicted octanol–water partition coefficient (Wildman–Crippen LogP) is 3.20. The molecule has 24 heavy (non-hydrogen) atoms. The summed E-state index contributed by atoms with van der Waals surface area (Å²) in [6.07, 6.45) is 8.25. The van der Waals surface area contributed by atoms with Gasteiger partial charge in [0, 0.05) is 37.6 Å². The molecular weight excluding hydrogens is 330 g/mol. The van der Waals surface area contributed by atoms with Crippen LogP contribution in [0, 0.1) is 10.1 Å². The van der Waals surface area contributed by atoms with Crippen LogP contribution in [-0.2, 0) is 7.05 Å². The summed E-state index contributed by atoms with van der Waals surface area (Å²) in [7, 11) is 1.93. The number of nitrogens with zero attached hydrogens (tertiary/aromatic N) is 5. The highest BCUT2D eigenvalue weighted by Crippen LogP contribution is 2.43. The van der Waals surface area contributed by atoms with Crippen molar-refractivity contribution in [3.63, 3.8) is 0 Å². The number of nitro groups is 1. The molecule has 1 saturated heterocycles. The molecule has 0 amide bonds. The Hall–Kier alpha value is -2.41. The Morgan fingerprint density at radius 1 is 1.42 bits per heavy atom. The van der Waals surface area contributed by atoms with Crippen LogP contribution in [0.25, 0.3) is 5.57 Å². The maximum atomic E-state index is 11.4. The lowest BCUT2D eigenvalue weighted by molar-refractivity contribution is -0.384. The number of anilines is 1. The van der Waals surface area contributed by atoms with Crippen molar-refractivity contribution in [2.75, 3.05) is 4.90 Å². The Morgan fingerprint density at radius 3 is 2.92 bits per heavy atom. The monoisotopic (exact) mass is 345 g/mol. The fraction of sp³-hybridized carbons (Fsp3) is 0.375. The van der Waals surface area contributed by atoms with Gasteiger partial charge in [-0.3, -0.25) is 14.8 Å². The Kier molecular flexibility index (Phi) is 3.53. The van der Waals surface area contributed by atoms with Crippen molar-refractivity contribution < 1.29 is 4.92 Å². The summed E-state index contributed by atoms with van der Waals surface area (Å²) >= 11 is 5.89. The van der Waals surface area contributed by atoms with Gasteiger partial charge in [0.05, 0.1) is 15.6 Å². The van der Waals surface area contributed by atoms with Gasteiger partial charge in [-0.1, -0.05) is 17.7 Å². The summed E-state index contributed by atoms with van der Waals surface area (Å²) in [6, 6.07) is 3.70. The number of fused-ring (bicyclic) bond motifs is 2. The van der Waals surface area contributed by atoms with Crippen molar-refractivity contribution >= 4 is 28.7 Å². The Labute approximate surface area is 143 Å². The van der Waals surface area contributed by atoms with Gasteiger partial charge in [-0.2, -0.15) is 5.10 Å². The zero-order valence-corrected chi connectivity index (χ0v) is 13.8. The molecule has 2 atom stereocenters. The van der Waals surface area contributed by atoms with Crippen molar-refractivity contribution in [1.82, 2.24) is 14.8 Å². The van der Waals surface area contributed by atoms with Crippen LogP contribution in [0.3, 0.4) is 0 Å². The van der Waals surface area contributed by atoms with Crippen LogP contribution in [0.1, 0.15) is 25.0 Å². The Morgan fingerprint density at radius 2 is 2.25 bits per heavy atom. The highest BCUT2D eigenvalue weighted by molar-refractivity contribution is 6.30. The van der Waals surface area contributed by atoms with Gasteiger partial charge < -0.3 is 4.90 Å². The van der Waals surface area contributed by atoms with Crippen molar-refractivity contribution in [3.05, 3.63) is 51.4 Å². The minimum Gasteiger partial charge on any atom is -0.341 e. The molecule has 2 aromatic heterocycles. The number of aromatic nitrogens is 3. The minimum absolute atomic E-state index is 0.0308. The van der Waals surface area contributed by atoms with Gasteiger partial charge >= 0.3 is 5.69 Å². The fourth-order valence-electron chi connectivity index (χ4n) is 3.79. The molecule has 0 aromatic carbocycles. The van der Waals surface area contributed by atoms with Crippen LogP contribution in [-0.4, -0.2) is 31.8 Å². The van der Waals surface area contributed by atoms with E-state index in [2.05, 4.69) is 21.1 Å². The van der Waals surface area contributed by atoms with Gasteiger partial charge in [-0.25, -0.2) is 4.98 Å². The molecule has 0 radical (unpaired) electrons. The average molecular weight is 346 g/mol. The van der Waals surface area contributed by atoms with Gasteiger partial charge in [0.2, 0.25) is 5.82 Å². The van der Waals surface area contributed by atoms with Gasteiger partial charge in [0.15, 0.2) is 0 Å². The molecule has 0 spiro atoms. The van der Waals surface area contributed by atoms with E-state index in [-0.39, 0.29) is 22.8 Å². The van der Waals surface area contributed by atoms with Crippen LogP contribution >= 0.6 is 11.6 Å². The number of pyridine rings is 1. The van der Waals surface area contributed by atoms with Crippen molar-refractivity contribution in [2.45, 2.75) is 31.3 Å². The molecule has 2 aliphatic heterocycles. The fourth-order valence-corrected chi connectivity index (χ4v) is 3.95. The molecule has 0 aliphatic carbocycles. The Bertz CT molecular complexity index is 847. The third-order valence-corrected chi connectivity index (χ3v) is 5.01. The molecule has 0 N–H and O–H groups in total. The summed E-state index contributed by atoms with van der Waals surface area (Å²) < 4.78 is 1.87. The summed E-state index contributed by atoms with van der Waals surface area (Å²) in [5.41, 5.74) is 2.32. The van der Waals surface area contributed by atoms with Crippen molar-refractivity contribution in [1.29, 1.82) is 0 Å². The van der Waals surface area contributed by atoms with E-state index in [1.165, 1.54) is 17.8 Å². The number of rotatable bonds is 3. The topological polar surface area (TPSA) is 77.1 Å². The number of hydrogen-bond acceptors (Lipinski definition) is 5. The predicted molar refractivity (Wildman–Crippen MR) is 91.0 cm³/mol. The van der Waals surface area contributed by atoms with Crippen LogP contribution < -0.4 is 4.90 Å². The van der Waals surface area contributed by atoms with E-state index >= 15 is 0 Å². The van der Waals surface area contributed by atoms with E-state index in [0.717, 1.165) is 25.0 Å². The molecule has 4 heterocycles. The van der Waals surface area contributed by atoms with E-state index in [4.69, 9.17) is 11.6 Å². The zero-order chi connectivity index (χ0) is 16.8. The third kappa shape index (κ3) is 2.36. The first-order valence-corrected chi connectivity index (χ1v) is 8.19. The third-order valence-electron chi connectivity index (χ3n) is 4.80. The highest BCUT2D eigenvalue weighted by Gasteiger charge is 2.40. The minimum atomic E-state index is -0.409. The molecule has 1 fully saturated rings. The highest BCUT2D eigenvalue weighted by atomic mass is 35.5. The van der Waals surface area contributed by atoms with Crippen LogP contribution in [0.5, 0.6) is 0 Å². The molecule has 2 bridgehead atoms. The van der Waals surface area contributed by atoms with Gasteiger partial charge in [0.25, 0.3) is 0 Å². The standard InChI is InChI=1S/C16H16ClN5O2/c1-20-14(4-5-19-20)10-6-12-2-3-13(7-10)21(12)16-15(22(23)24)8-11(17)9-18-16/h4-6,8-9,12-13H,2-3,7H2,1H3. The van der Waals surface area contributed by atoms with E-state index in [1.807, 2.05) is 17.8 Å². The zero-order valence-electron chi connectivity index (χ0n) is 13.1. The van der Waals surface area contributed by atoms with Crippen LogP contribution in [0.15, 0.2) is 30.6 Å². The van der Waals surface area contributed by atoms with E-state index in [9.17, 15) is 10.1 Å². The molecule has 8 heteroatoms. The normalized spacial score (nSPS) is 22.6. The van der Waals surface area contributed by atoms with E-state index < -0.39 is 4.92 Å². The van der Waals surface area contributed by atoms with E-state index in [1.54, 1.807) is 6.20 Å². The van der Waals surface area contributed by atoms with Crippen LogP contribution in [0.2, 0.25) is 5.02 Å². The molecule has 2 aliphatic rings. The second-order valence-electron chi connectivity index (χ2n) is 6.20. The number of hydrogen-bond donors (Lipinski definition) is 0. The quantitative estimate of drug-likeness (QED) is 0.630. The Balaban J connectivity index is 1.74. The molecule has 0 saturated carbocycles. The summed E-state index contributed by atoms with van der Waals surface area (Å²) in [5, 5.41) is 15.9. The average Bonchev–Trinajstić information content (AvgIpc) is 3.08. The SMILES string of the molecule is Cn1nccc1C1=CC2CCC(C1)N2c1ncc(Cl)cc1[N+](=O)[O-]. The second kappa shape index (κ2) is 5.59. The van der Waals surface area contributed by atoms with E-state index in [0.29, 0.717) is 5.82 Å². The number of halogens is 1. The lowest BCUT2D eigenvalue weighted by Crippen LogP contribution is -2.39. The first-order chi connectivity index (χ1) is 11.5. The first-order valence-electron chi connectivity index (χ1n) is 7.82. The molecular formula is C16H16ClN5O2. The summed E-state index contributed by atoms with van der Waals surface area (Å²) in [6.45, 7) is 0. The molecule has 7 nitrogen and oxygen atoms in total. The lowest BCUT2D eigenvalue weighted by Gasteiger charge is -2.34. The smallest absolute Gasteiger partial charge is 0.313 e. The molecule has 4 rings (SSSR count). The van der Waals surface area contributed by atoms with Gasteiger partial charge in [-0.15, -0.1) is 0 Å². The van der Waals surface area contributed by atoms with Crippen molar-refractivity contribution in [2.24, 2.45) is 7.05 Å². The van der Waals surface area contributed by atoms with Gasteiger partial charge in [-0.05, 0) is 30.9 Å². The largest absolute Gasteiger partial charge is 0.341 e. The maximum Gasteiger partial charge on any atom is 0.313 e. The van der Waals surface area contributed by atoms with Crippen LogP contribution in [0.4, 0.5) is 11.5 Å². The van der Waals surface area contributed by atoms with Gasteiger partial charge in [0.1, 0.15) is 0 Å². The first kappa shape index (κ1) is 15.1. The molecule has 2 aromatic rings. The summed E-state index contributed by atoms with van der Waals surface area (Å²) in [4.78, 5) is 17.3.